The lowest BCUT2D eigenvalue weighted by atomic mass is 9.78. The molecule has 2 fully saturated rings. The minimum absolute atomic E-state index is 0.00839. The summed E-state index contributed by atoms with van der Waals surface area (Å²) in [6.07, 6.45) is 7.11. The van der Waals surface area contributed by atoms with Crippen LogP contribution in [0.4, 0.5) is 8.78 Å². The average Bonchev–Trinajstić information content (AvgIpc) is 2.88. The van der Waals surface area contributed by atoms with Gasteiger partial charge in [0.05, 0.1) is 12.0 Å². The summed E-state index contributed by atoms with van der Waals surface area (Å²) in [5.41, 5.74) is 1.93. The number of carbonyl (C=O) groups is 1. The average molecular weight is 485 g/mol. The van der Waals surface area contributed by atoms with Gasteiger partial charge in [-0.1, -0.05) is 37.3 Å². The largest absolute Gasteiger partial charge is 0.462 e. The van der Waals surface area contributed by atoms with Gasteiger partial charge in [-0.05, 0) is 99.8 Å². The Morgan fingerprint density at radius 2 is 1.51 bits per heavy atom. The van der Waals surface area contributed by atoms with E-state index < -0.39 is 11.6 Å². The maximum Gasteiger partial charge on any atom is 0.309 e. The topological polar surface area (TPSA) is 35.5 Å². The number of rotatable bonds is 8. The van der Waals surface area contributed by atoms with Gasteiger partial charge in [0.15, 0.2) is 0 Å². The van der Waals surface area contributed by atoms with Crippen molar-refractivity contribution in [2.45, 2.75) is 95.7 Å². The van der Waals surface area contributed by atoms with Gasteiger partial charge in [0.1, 0.15) is 17.7 Å². The summed E-state index contributed by atoms with van der Waals surface area (Å²) in [5, 5.41) is 0. The van der Waals surface area contributed by atoms with E-state index in [0.717, 1.165) is 50.7 Å². The molecule has 0 bridgehead atoms. The standard InChI is InChI=1S/C30H38F2O3/c1-3-34-25-13-15-26(16-14-25)35-30(33)23-11-9-22(10-12-23)24-18-28(31)27(29(32)19-24)17-20(2)21-7-5-4-6-8-21/h4-8,18-20,22-23,25-26H,3,9-17H2,1-2H3. The first-order chi connectivity index (χ1) is 16.9. The lowest BCUT2D eigenvalue weighted by Gasteiger charge is -2.31. The van der Waals surface area contributed by atoms with Crippen LogP contribution in [-0.4, -0.2) is 24.8 Å². The van der Waals surface area contributed by atoms with Crippen molar-refractivity contribution in [1.82, 2.24) is 0 Å². The van der Waals surface area contributed by atoms with Gasteiger partial charge in [0.25, 0.3) is 0 Å². The van der Waals surface area contributed by atoms with Gasteiger partial charge in [0.2, 0.25) is 0 Å². The lowest BCUT2D eigenvalue weighted by molar-refractivity contribution is -0.158. The highest BCUT2D eigenvalue weighted by molar-refractivity contribution is 5.72. The lowest BCUT2D eigenvalue weighted by Crippen LogP contribution is -2.31. The van der Waals surface area contributed by atoms with Crippen LogP contribution in [0.3, 0.4) is 0 Å². The first-order valence-electron chi connectivity index (χ1n) is 13.3. The molecule has 2 aliphatic carbocycles. The summed E-state index contributed by atoms with van der Waals surface area (Å²) in [7, 11) is 0. The fraction of sp³-hybridized carbons (Fsp3) is 0.567. The van der Waals surface area contributed by atoms with Crippen LogP contribution in [0.5, 0.6) is 0 Å². The Morgan fingerprint density at radius 1 is 0.914 bits per heavy atom. The third-order valence-corrected chi connectivity index (χ3v) is 7.88. The molecule has 0 radical (unpaired) electrons. The number of hydrogen-bond donors (Lipinski definition) is 0. The summed E-state index contributed by atoms with van der Waals surface area (Å²) < 4.78 is 41.4. The fourth-order valence-corrected chi connectivity index (χ4v) is 5.73. The molecular weight excluding hydrogens is 446 g/mol. The summed E-state index contributed by atoms with van der Waals surface area (Å²) in [5.74, 6) is -1.05. The normalized spacial score (nSPS) is 25.7. The summed E-state index contributed by atoms with van der Waals surface area (Å²) in [6.45, 7) is 4.72. The van der Waals surface area contributed by atoms with E-state index in [4.69, 9.17) is 9.47 Å². The van der Waals surface area contributed by atoms with Crippen molar-refractivity contribution < 1.29 is 23.0 Å². The number of hydrogen-bond acceptors (Lipinski definition) is 3. The maximum atomic E-state index is 15.0. The minimum atomic E-state index is -0.466. The van der Waals surface area contributed by atoms with E-state index in [1.165, 1.54) is 12.1 Å². The van der Waals surface area contributed by atoms with E-state index in [1.54, 1.807) is 0 Å². The Morgan fingerprint density at radius 3 is 2.11 bits per heavy atom. The molecule has 35 heavy (non-hydrogen) atoms. The molecule has 0 amide bonds. The quantitative estimate of drug-likeness (QED) is 0.365. The zero-order valence-corrected chi connectivity index (χ0v) is 21.0. The summed E-state index contributed by atoms with van der Waals surface area (Å²) >= 11 is 0. The molecule has 1 atom stereocenters. The second-order valence-electron chi connectivity index (χ2n) is 10.3. The number of esters is 1. The number of benzene rings is 2. The molecule has 3 nitrogen and oxygen atoms in total. The molecule has 2 saturated carbocycles. The van der Waals surface area contributed by atoms with E-state index >= 15 is 0 Å². The molecule has 0 spiro atoms. The first-order valence-corrected chi connectivity index (χ1v) is 13.3. The van der Waals surface area contributed by atoms with Crippen LogP contribution in [0.2, 0.25) is 0 Å². The smallest absolute Gasteiger partial charge is 0.309 e. The Bertz CT molecular complexity index is 938. The van der Waals surface area contributed by atoms with Gasteiger partial charge in [0, 0.05) is 12.2 Å². The molecule has 0 saturated heterocycles. The minimum Gasteiger partial charge on any atom is -0.462 e. The highest BCUT2D eigenvalue weighted by Crippen LogP contribution is 2.38. The fourth-order valence-electron chi connectivity index (χ4n) is 5.73. The SMILES string of the molecule is CCOC1CCC(OC(=O)C2CCC(c3cc(F)c(CC(C)c4ccccc4)c(F)c3)CC2)CC1. The van der Waals surface area contributed by atoms with Crippen LogP contribution in [0, 0.1) is 17.6 Å². The predicted octanol–water partition coefficient (Wildman–Crippen LogP) is 7.48. The molecular formula is C30H38F2O3. The molecule has 4 rings (SSSR count). The van der Waals surface area contributed by atoms with Crippen LogP contribution in [0.15, 0.2) is 42.5 Å². The van der Waals surface area contributed by atoms with Crippen LogP contribution >= 0.6 is 0 Å². The van der Waals surface area contributed by atoms with E-state index in [0.29, 0.717) is 30.9 Å². The molecule has 1 unspecified atom stereocenters. The van der Waals surface area contributed by atoms with Crippen molar-refractivity contribution in [3.8, 4) is 0 Å². The number of carbonyl (C=O) groups excluding carboxylic acids is 1. The Labute approximate surface area is 208 Å². The predicted molar refractivity (Wildman–Crippen MR) is 133 cm³/mol. The number of halogens is 2. The zero-order chi connectivity index (χ0) is 24.8. The Hall–Kier alpha value is -2.27. The monoisotopic (exact) mass is 484 g/mol. The van der Waals surface area contributed by atoms with E-state index in [2.05, 4.69) is 0 Å². The van der Waals surface area contributed by atoms with Gasteiger partial charge in [-0.25, -0.2) is 8.78 Å². The van der Waals surface area contributed by atoms with Crippen LogP contribution < -0.4 is 0 Å². The molecule has 2 aromatic rings. The van der Waals surface area contributed by atoms with Crippen molar-refractivity contribution in [2.24, 2.45) is 5.92 Å². The van der Waals surface area contributed by atoms with Gasteiger partial charge in [-0.15, -0.1) is 0 Å². The first kappa shape index (κ1) is 25.8. The van der Waals surface area contributed by atoms with Crippen LogP contribution in [0.1, 0.15) is 93.7 Å². The number of ether oxygens (including phenoxy) is 2. The Kier molecular flexibility index (Phi) is 8.94. The van der Waals surface area contributed by atoms with Crippen molar-refractivity contribution in [3.63, 3.8) is 0 Å². The molecule has 0 N–H and O–H groups in total. The summed E-state index contributed by atoms with van der Waals surface area (Å²) in [4.78, 5) is 12.7. The third-order valence-electron chi connectivity index (χ3n) is 7.88. The third kappa shape index (κ3) is 6.69. The van der Waals surface area contributed by atoms with Gasteiger partial charge >= 0.3 is 5.97 Å². The van der Waals surface area contributed by atoms with Gasteiger partial charge < -0.3 is 9.47 Å². The molecule has 2 aliphatic rings. The Balaban J connectivity index is 1.29. The highest BCUT2D eigenvalue weighted by atomic mass is 19.1. The van der Waals surface area contributed by atoms with Gasteiger partial charge in [-0.3, -0.25) is 4.79 Å². The molecule has 190 valence electrons. The molecule has 5 heteroatoms. The molecule has 0 heterocycles. The molecule has 0 aliphatic heterocycles. The van der Waals surface area contributed by atoms with Crippen LogP contribution in [-0.2, 0) is 20.7 Å². The molecule has 2 aromatic carbocycles. The van der Waals surface area contributed by atoms with E-state index in [-0.39, 0.29) is 35.4 Å². The van der Waals surface area contributed by atoms with Crippen molar-refractivity contribution in [2.75, 3.05) is 6.61 Å². The second-order valence-corrected chi connectivity index (χ2v) is 10.3. The van der Waals surface area contributed by atoms with Crippen molar-refractivity contribution in [1.29, 1.82) is 0 Å². The zero-order valence-electron chi connectivity index (χ0n) is 21.0. The van der Waals surface area contributed by atoms with E-state index in [1.807, 2.05) is 44.2 Å². The summed E-state index contributed by atoms with van der Waals surface area (Å²) in [6, 6.07) is 12.8. The van der Waals surface area contributed by atoms with Crippen LogP contribution in [0.25, 0.3) is 0 Å². The van der Waals surface area contributed by atoms with Gasteiger partial charge in [-0.2, -0.15) is 0 Å². The second kappa shape index (κ2) is 12.1. The highest BCUT2D eigenvalue weighted by Gasteiger charge is 2.32. The molecule has 0 aromatic heterocycles. The van der Waals surface area contributed by atoms with Crippen molar-refractivity contribution >= 4 is 5.97 Å². The van der Waals surface area contributed by atoms with Crippen molar-refractivity contribution in [3.05, 3.63) is 70.8 Å². The maximum absolute atomic E-state index is 15.0. The van der Waals surface area contributed by atoms with E-state index in [9.17, 15) is 13.6 Å².